The van der Waals surface area contributed by atoms with Gasteiger partial charge in [-0.1, -0.05) is 12.1 Å². The fourth-order valence-electron chi connectivity index (χ4n) is 4.71. The Labute approximate surface area is 201 Å². The van der Waals surface area contributed by atoms with Gasteiger partial charge in [-0.2, -0.15) is 0 Å². The number of nitrogens with zero attached hydrogens (tertiary/aromatic N) is 4. The molecular formula is C24H23F2N5O3S. The van der Waals surface area contributed by atoms with E-state index >= 15 is 0 Å². The predicted octanol–water partition coefficient (Wildman–Crippen LogP) is 2.92. The van der Waals surface area contributed by atoms with Gasteiger partial charge < -0.3 is 10.2 Å². The highest BCUT2D eigenvalue weighted by atomic mass is 32.2. The minimum Gasteiger partial charge on any atom is -0.368 e. The van der Waals surface area contributed by atoms with Crippen LogP contribution in [0.2, 0.25) is 0 Å². The second kappa shape index (κ2) is 8.95. The Morgan fingerprint density at radius 2 is 1.91 bits per heavy atom. The first-order chi connectivity index (χ1) is 16.8. The molecule has 1 aliphatic carbocycles. The first-order valence-corrected chi connectivity index (χ1v) is 13.0. The van der Waals surface area contributed by atoms with Crippen molar-refractivity contribution in [2.45, 2.75) is 30.5 Å². The zero-order chi connectivity index (χ0) is 24.6. The van der Waals surface area contributed by atoms with Gasteiger partial charge >= 0.3 is 0 Å². The molecule has 8 nitrogen and oxygen atoms in total. The number of carbonyl (C=O) groups is 1. The molecule has 1 amide bonds. The third kappa shape index (κ3) is 4.60. The van der Waals surface area contributed by atoms with Crippen LogP contribution >= 0.6 is 0 Å². The van der Waals surface area contributed by atoms with E-state index in [0.717, 1.165) is 0 Å². The van der Waals surface area contributed by atoms with Gasteiger partial charge in [0.25, 0.3) is 0 Å². The zero-order valence-electron chi connectivity index (χ0n) is 18.6. The average molecular weight is 500 g/mol. The summed E-state index contributed by atoms with van der Waals surface area (Å²) < 4.78 is 51.1. The first-order valence-electron chi connectivity index (χ1n) is 11.2. The van der Waals surface area contributed by atoms with E-state index in [2.05, 4.69) is 20.5 Å². The van der Waals surface area contributed by atoms with Crippen LogP contribution in [-0.2, 0) is 20.0 Å². The number of benzene rings is 1. The van der Waals surface area contributed by atoms with E-state index in [1.807, 2.05) is 6.07 Å². The Kier molecular flexibility index (Phi) is 5.96. The molecule has 1 saturated heterocycles. The third-order valence-corrected chi connectivity index (χ3v) is 8.38. The molecule has 3 aromatic rings. The van der Waals surface area contributed by atoms with Gasteiger partial charge in [0.05, 0.1) is 28.9 Å². The summed E-state index contributed by atoms with van der Waals surface area (Å²) in [4.78, 5) is 17.2. The van der Waals surface area contributed by atoms with Crippen LogP contribution in [-0.4, -0.2) is 60.3 Å². The van der Waals surface area contributed by atoms with Crippen LogP contribution < -0.4 is 10.2 Å². The van der Waals surface area contributed by atoms with Gasteiger partial charge in [0.15, 0.2) is 9.84 Å². The van der Waals surface area contributed by atoms with Crippen molar-refractivity contribution in [3.63, 3.8) is 0 Å². The van der Waals surface area contributed by atoms with E-state index in [9.17, 15) is 22.0 Å². The first kappa shape index (κ1) is 23.3. The molecule has 3 heterocycles. The number of nitrogens with one attached hydrogen (secondary N) is 1. The van der Waals surface area contributed by atoms with Crippen molar-refractivity contribution >= 4 is 27.8 Å². The molecule has 182 valence electrons. The number of rotatable bonds is 8. The van der Waals surface area contributed by atoms with Gasteiger partial charge in [-0.3, -0.25) is 9.78 Å². The third-order valence-electron chi connectivity index (χ3n) is 6.60. The molecule has 35 heavy (non-hydrogen) atoms. The van der Waals surface area contributed by atoms with Crippen molar-refractivity contribution in [1.29, 1.82) is 0 Å². The van der Waals surface area contributed by atoms with E-state index in [0.29, 0.717) is 29.2 Å². The maximum Gasteiger partial charge on any atom is 0.214 e. The number of amides is 1. The van der Waals surface area contributed by atoms with Gasteiger partial charge in [0.2, 0.25) is 6.41 Å². The summed E-state index contributed by atoms with van der Waals surface area (Å²) in [5.74, 6) is -0.102. The number of hydrogen-bond acceptors (Lipinski definition) is 7. The van der Waals surface area contributed by atoms with E-state index in [4.69, 9.17) is 0 Å². The number of pyridine rings is 1. The average Bonchev–Trinajstić information content (AvgIpc) is 2.81. The van der Waals surface area contributed by atoms with Gasteiger partial charge in [-0.05, 0) is 49.2 Å². The maximum absolute atomic E-state index is 14.3. The van der Waals surface area contributed by atoms with Crippen LogP contribution in [0.4, 0.5) is 20.3 Å². The number of hydrogen-bond donors (Lipinski definition) is 1. The number of aromatic nitrogens is 3. The van der Waals surface area contributed by atoms with E-state index in [1.54, 1.807) is 30.3 Å². The lowest BCUT2D eigenvalue weighted by atomic mass is 9.65. The molecule has 5 rings (SSSR count). The Morgan fingerprint density at radius 3 is 2.54 bits per heavy atom. The fourth-order valence-corrected chi connectivity index (χ4v) is 6.10. The molecule has 1 saturated carbocycles. The fraction of sp³-hybridized carbons (Fsp3) is 0.333. The van der Waals surface area contributed by atoms with Crippen LogP contribution in [0.5, 0.6) is 0 Å². The van der Waals surface area contributed by atoms with Crippen molar-refractivity contribution in [2.75, 3.05) is 28.3 Å². The Balaban J connectivity index is 1.29. The van der Waals surface area contributed by atoms with Crippen molar-refractivity contribution in [1.82, 2.24) is 15.2 Å². The molecular weight excluding hydrogens is 476 g/mol. The minimum atomic E-state index is -3.07. The van der Waals surface area contributed by atoms with Crippen molar-refractivity contribution < 1.29 is 22.0 Å². The lowest BCUT2D eigenvalue weighted by molar-refractivity contribution is -0.107. The number of carbonyl (C=O) groups excluding carboxylic acids is 1. The monoisotopic (exact) mass is 499 g/mol. The Hall–Kier alpha value is -3.47. The molecule has 1 aromatic carbocycles. The molecule has 2 aliphatic rings. The van der Waals surface area contributed by atoms with Crippen LogP contribution in [0.3, 0.4) is 0 Å². The Bertz CT molecular complexity index is 1340. The standard InChI is InChI=1S/C24H23F2N5O3S/c25-17-10-24(11-17,23-20(26)5-2-8-27-23)14-28-22-7-6-21(29-30-22)16-3-1-4-18(9-16)31(15-32)19-12-35(33,34)13-19/h1-9,15,17,19H,10-14H2,(H,28,30). The summed E-state index contributed by atoms with van der Waals surface area (Å²) in [5.41, 5.74) is 1.35. The highest BCUT2D eigenvalue weighted by Gasteiger charge is 2.48. The highest BCUT2D eigenvalue weighted by molar-refractivity contribution is 7.92. The summed E-state index contributed by atoms with van der Waals surface area (Å²) >= 11 is 0. The number of sulfone groups is 1. The normalized spacial score (nSPS) is 23.1. The van der Waals surface area contributed by atoms with Crippen molar-refractivity contribution in [2.24, 2.45) is 0 Å². The number of anilines is 2. The molecule has 0 unspecified atom stereocenters. The topological polar surface area (TPSA) is 105 Å². The van der Waals surface area contributed by atoms with Crippen LogP contribution in [0.25, 0.3) is 11.3 Å². The zero-order valence-corrected chi connectivity index (χ0v) is 19.5. The predicted molar refractivity (Wildman–Crippen MR) is 127 cm³/mol. The molecule has 1 N–H and O–H groups in total. The second-order valence-corrected chi connectivity index (χ2v) is 11.2. The molecule has 11 heteroatoms. The SMILES string of the molecule is O=CN(c1cccc(-c2ccc(NCC3(c4ncccc4F)CC(F)C3)nn2)c1)C1CS(=O)(=O)C1. The van der Waals surface area contributed by atoms with Gasteiger partial charge in [0.1, 0.15) is 17.8 Å². The van der Waals surface area contributed by atoms with Gasteiger partial charge in [-0.25, -0.2) is 17.2 Å². The van der Waals surface area contributed by atoms with Crippen LogP contribution in [0.15, 0.2) is 54.7 Å². The maximum atomic E-state index is 14.3. The van der Waals surface area contributed by atoms with Crippen LogP contribution in [0.1, 0.15) is 18.5 Å². The summed E-state index contributed by atoms with van der Waals surface area (Å²) in [6, 6.07) is 13.0. The van der Waals surface area contributed by atoms with E-state index in [1.165, 1.54) is 23.2 Å². The van der Waals surface area contributed by atoms with Gasteiger partial charge in [-0.15, -0.1) is 10.2 Å². The highest BCUT2D eigenvalue weighted by Crippen LogP contribution is 2.45. The smallest absolute Gasteiger partial charge is 0.214 e. The van der Waals surface area contributed by atoms with E-state index in [-0.39, 0.29) is 42.6 Å². The molecule has 0 spiro atoms. The Morgan fingerprint density at radius 1 is 1.11 bits per heavy atom. The van der Waals surface area contributed by atoms with Crippen molar-refractivity contribution in [3.8, 4) is 11.3 Å². The quantitative estimate of drug-likeness (QED) is 0.475. The van der Waals surface area contributed by atoms with Crippen LogP contribution in [0, 0.1) is 5.82 Å². The number of halogens is 2. The largest absolute Gasteiger partial charge is 0.368 e. The second-order valence-electron chi connectivity index (χ2n) is 9.07. The summed E-state index contributed by atoms with van der Waals surface area (Å²) in [6.45, 7) is 0.267. The molecule has 1 aliphatic heterocycles. The molecule has 2 aromatic heterocycles. The lowest BCUT2D eigenvalue weighted by Gasteiger charge is -2.44. The molecule has 0 radical (unpaired) electrons. The number of alkyl halides is 1. The molecule has 0 atom stereocenters. The molecule has 2 fully saturated rings. The van der Waals surface area contributed by atoms with E-state index < -0.39 is 27.2 Å². The summed E-state index contributed by atoms with van der Waals surface area (Å²) in [6.07, 6.45) is 1.51. The summed E-state index contributed by atoms with van der Waals surface area (Å²) in [7, 11) is -3.07. The van der Waals surface area contributed by atoms with Crippen molar-refractivity contribution in [3.05, 3.63) is 66.2 Å². The van der Waals surface area contributed by atoms with Gasteiger partial charge in [0, 0.05) is 29.4 Å². The minimum absolute atomic E-state index is 0.0524. The molecule has 0 bridgehead atoms. The lowest BCUT2D eigenvalue weighted by Crippen LogP contribution is -2.53. The summed E-state index contributed by atoms with van der Waals surface area (Å²) in [5, 5.41) is 11.6.